The molecule has 1 unspecified atom stereocenters. The maximum Gasteiger partial charge on any atom is 0.326 e. The Morgan fingerprint density at radius 3 is 2.61 bits per heavy atom. The van der Waals surface area contributed by atoms with Crippen LogP contribution in [0, 0.1) is 11.7 Å². The number of halogens is 1. The Hall–Kier alpha value is -2.11. The van der Waals surface area contributed by atoms with Crippen molar-refractivity contribution in [3.8, 4) is 0 Å². The fourth-order valence-corrected chi connectivity index (χ4v) is 1.75. The number of carboxylic acids is 1. The van der Waals surface area contributed by atoms with Gasteiger partial charge in [-0.25, -0.2) is 9.18 Å². The second kappa shape index (κ2) is 4.64. The Morgan fingerprint density at radius 1 is 1.44 bits per heavy atom. The molecule has 1 aromatic rings. The molecule has 0 bridgehead atoms. The number of nitrogens with two attached hydrogens (primary N) is 1. The molecule has 1 aliphatic carbocycles. The molecule has 2 rings (SSSR count). The molecule has 4 N–H and O–H groups in total. The number of nitrogen functional groups attached to an aromatic ring is 1. The zero-order valence-electron chi connectivity index (χ0n) is 9.52. The predicted octanol–water partition coefficient (Wildman–Crippen LogP) is 1.00. The van der Waals surface area contributed by atoms with E-state index in [2.05, 4.69) is 5.32 Å². The van der Waals surface area contributed by atoms with Crippen LogP contribution in [0.5, 0.6) is 0 Å². The average molecular weight is 252 g/mol. The third kappa shape index (κ3) is 2.58. The highest BCUT2D eigenvalue weighted by Crippen LogP contribution is 2.32. The lowest BCUT2D eigenvalue weighted by molar-refractivity contribution is -0.139. The third-order valence-electron chi connectivity index (χ3n) is 2.88. The van der Waals surface area contributed by atoms with E-state index in [1.807, 2.05) is 0 Å². The van der Waals surface area contributed by atoms with Gasteiger partial charge in [0, 0.05) is 5.69 Å². The summed E-state index contributed by atoms with van der Waals surface area (Å²) in [5.41, 5.74) is 5.38. The Kier molecular flexibility index (Phi) is 3.18. The summed E-state index contributed by atoms with van der Waals surface area (Å²) in [6, 6.07) is 2.72. The number of carboxylic acid groups (broad SMARTS) is 1. The van der Waals surface area contributed by atoms with Crippen molar-refractivity contribution in [1.29, 1.82) is 0 Å². The number of carbonyl (C=O) groups excluding carboxylic acids is 1. The van der Waals surface area contributed by atoms with Gasteiger partial charge in [0.05, 0.1) is 5.56 Å². The number of aliphatic carboxylic acids is 1. The largest absolute Gasteiger partial charge is 0.480 e. The Morgan fingerprint density at radius 2 is 2.11 bits per heavy atom. The van der Waals surface area contributed by atoms with Crippen LogP contribution in [0.15, 0.2) is 18.2 Å². The zero-order valence-corrected chi connectivity index (χ0v) is 9.52. The van der Waals surface area contributed by atoms with Crippen LogP contribution in [0.25, 0.3) is 0 Å². The zero-order chi connectivity index (χ0) is 13.3. The predicted molar refractivity (Wildman–Crippen MR) is 62.4 cm³/mol. The Bertz CT molecular complexity index is 500. The van der Waals surface area contributed by atoms with Gasteiger partial charge in [0.15, 0.2) is 0 Å². The van der Waals surface area contributed by atoms with Crippen molar-refractivity contribution < 1.29 is 19.1 Å². The van der Waals surface area contributed by atoms with Gasteiger partial charge in [-0.05, 0) is 37.0 Å². The molecule has 0 heterocycles. The summed E-state index contributed by atoms with van der Waals surface area (Å²) in [5.74, 6) is -2.63. The van der Waals surface area contributed by atoms with Crippen LogP contribution in [-0.4, -0.2) is 23.0 Å². The van der Waals surface area contributed by atoms with Crippen molar-refractivity contribution in [2.24, 2.45) is 5.92 Å². The van der Waals surface area contributed by atoms with E-state index in [0.29, 0.717) is 0 Å². The molecule has 0 spiro atoms. The minimum atomic E-state index is -1.10. The highest BCUT2D eigenvalue weighted by atomic mass is 19.1. The van der Waals surface area contributed by atoms with E-state index < -0.39 is 23.7 Å². The van der Waals surface area contributed by atoms with Crippen molar-refractivity contribution in [3.05, 3.63) is 29.6 Å². The van der Waals surface area contributed by atoms with Gasteiger partial charge in [0.2, 0.25) is 0 Å². The van der Waals surface area contributed by atoms with Crippen LogP contribution in [0.3, 0.4) is 0 Å². The smallest absolute Gasteiger partial charge is 0.326 e. The van der Waals surface area contributed by atoms with Gasteiger partial charge in [0.25, 0.3) is 5.91 Å². The molecular formula is C12H13FN2O3. The summed E-state index contributed by atoms with van der Waals surface area (Å²) in [6.45, 7) is 0. The van der Waals surface area contributed by atoms with E-state index >= 15 is 0 Å². The van der Waals surface area contributed by atoms with Crippen LogP contribution in [0.1, 0.15) is 23.2 Å². The van der Waals surface area contributed by atoms with Crippen molar-refractivity contribution in [1.82, 2.24) is 5.32 Å². The molecular weight excluding hydrogens is 239 g/mol. The second-order valence-corrected chi connectivity index (χ2v) is 4.37. The number of benzene rings is 1. The first kappa shape index (κ1) is 12.3. The highest BCUT2D eigenvalue weighted by Gasteiger charge is 2.37. The Labute approximate surface area is 103 Å². The minimum absolute atomic E-state index is 0.0525. The summed E-state index contributed by atoms with van der Waals surface area (Å²) in [6.07, 6.45) is 1.53. The molecule has 6 heteroatoms. The average Bonchev–Trinajstić information content (AvgIpc) is 3.08. The number of hydrogen-bond donors (Lipinski definition) is 3. The molecule has 0 radical (unpaired) electrons. The van der Waals surface area contributed by atoms with Crippen LogP contribution < -0.4 is 11.1 Å². The first-order chi connectivity index (χ1) is 8.49. The fraction of sp³-hybridized carbons (Fsp3) is 0.333. The SMILES string of the molecule is Nc1ccc(C(=O)NC(C(=O)O)C2CC2)c(F)c1. The monoisotopic (exact) mass is 252 g/mol. The van der Waals surface area contributed by atoms with Crippen LogP contribution in [0.4, 0.5) is 10.1 Å². The molecule has 1 amide bonds. The van der Waals surface area contributed by atoms with Crippen molar-refractivity contribution >= 4 is 17.6 Å². The number of hydrogen-bond acceptors (Lipinski definition) is 3. The lowest BCUT2D eigenvalue weighted by Gasteiger charge is -2.13. The van der Waals surface area contributed by atoms with Crippen LogP contribution in [-0.2, 0) is 4.79 Å². The summed E-state index contributed by atoms with van der Waals surface area (Å²) in [4.78, 5) is 22.7. The molecule has 1 fully saturated rings. The molecule has 1 atom stereocenters. The molecule has 0 aliphatic heterocycles. The fourth-order valence-electron chi connectivity index (χ4n) is 1.75. The van der Waals surface area contributed by atoms with Gasteiger partial charge >= 0.3 is 5.97 Å². The van der Waals surface area contributed by atoms with E-state index in [1.165, 1.54) is 12.1 Å². The van der Waals surface area contributed by atoms with Crippen molar-refractivity contribution in [2.75, 3.05) is 5.73 Å². The van der Waals surface area contributed by atoms with Gasteiger partial charge < -0.3 is 16.2 Å². The molecule has 96 valence electrons. The minimum Gasteiger partial charge on any atom is -0.480 e. The van der Waals surface area contributed by atoms with Gasteiger partial charge in [-0.2, -0.15) is 0 Å². The standard InChI is InChI=1S/C12H13FN2O3/c13-9-5-7(14)3-4-8(9)11(16)15-10(12(17)18)6-1-2-6/h3-6,10H,1-2,14H2,(H,15,16)(H,17,18). The summed E-state index contributed by atoms with van der Waals surface area (Å²) >= 11 is 0. The van der Waals surface area contributed by atoms with Crippen molar-refractivity contribution in [2.45, 2.75) is 18.9 Å². The first-order valence-electron chi connectivity index (χ1n) is 5.57. The van der Waals surface area contributed by atoms with Crippen molar-refractivity contribution in [3.63, 3.8) is 0 Å². The van der Waals surface area contributed by atoms with E-state index in [0.717, 1.165) is 18.9 Å². The summed E-state index contributed by atoms with van der Waals surface area (Å²) < 4.78 is 13.5. The number of anilines is 1. The number of carbonyl (C=O) groups is 2. The maximum atomic E-state index is 13.5. The van der Waals surface area contributed by atoms with Gasteiger partial charge in [0.1, 0.15) is 11.9 Å². The number of amides is 1. The van der Waals surface area contributed by atoms with E-state index in [1.54, 1.807) is 0 Å². The molecule has 5 nitrogen and oxygen atoms in total. The van der Waals surface area contributed by atoms with Crippen LogP contribution >= 0.6 is 0 Å². The topological polar surface area (TPSA) is 92.4 Å². The van der Waals surface area contributed by atoms with E-state index in [4.69, 9.17) is 10.8 Å². The third-order valence-corrected chi connectivity index (χ3v) is 2.88. The summed E-state index contributed by atoms with van der Waals surface area (Å²) in [5, 5.41) is 11.3. The second-order valence-electron chi connectivity index (χ2n) is 4.37. The maximum absolute atomic E-state index is 13.5. The number of rotatable bonds is 4. The normalized spacial score (nSPS) is 16.1. The lowest BCUT2D eigenvalue weighted by Crippen LogP contribution is -2.42. The molecule has 0 saturated heterocycles. The molecule has 0 aromatic heterocycles. The lowest BCUT2D eigenvalue weighted by atomic mass is 10.1. The van der Waals surface area contributed by atoms with Gasteiger partial charge in [-0.3, -0.25) is 4.79 Å². The van der Waals surface area contributed by atoms with Gasteiger partial charge in [-0.15, -0.1) is 0 Å². The van der Waals surface area contributed by atoms with Crippen LogP contribution in [0.2, 0.25) is 0 Å². The van der Waals surface area contributed by atoms with E-state index in [9.17, 15) is 14.0 Å². The van der Waals surface area contributed by atoms with E-state index in [-0.39, 0.29) is 17.2 Å². The Balaban J connectivity index is 2.13. The molecule has 18 heavy (non-hydrogen) atoms. The number of nitrogens with one attached hydrogen (secondary N) is 1. The molecule has 1 aliphatic rings. The summed E-state index contributed by atoms with van der Waals surface area (Å²) in [7, 11) is 0. The first-order valence-corrected chi connectivity index (χ1v) is 5.57. The molecule has 1 aromatic carbocycles. The highest BCUT2D eigenvalue weighted by molar-refractivity contribution is 5.97. The van der Waals surface area contributed by atoms with Gasteiger partial charge in [-0.1, -0.05) is 0 Å². The molecule has 1 saturated carbocycles. The quantitative estimate of drug-likeness (QED) is 0.697.